The summed E-state index contributed by atoms with van der Waals surface area (Å²) >= 11 is 0. The van der Waals surface area contributed by atoms with Crippen molar-refractivity contribution in [2.75, 3.05) is 0 Å². The summed E-state index contributed by atoms with van der Waals surface area (Å²) in [4.78, 5) is 0. The predicted molar refractivity (Wildman–Crippen MR) is 229 cm³/mol. The van der Waals surface area contributed by atoms with Gasteiger partial charge in [-0.1, -0.05) is 190 Å². The standard InChI is InChI=1S/C53H38/c1-53(2,41-18-4-3-5-19-41)42-29-26-35(27-30-42)36-16-12-17-40(33-36)51-46-20-8-10-22-48(46)52(49-23-11-9-21-47(49)51)45-25-13-24-43-44(45)31-28-39-32-37-14-6-7-15-38(37)34-50(39)43/h3-34H,1-2H3. The number of benzene rings is 10. The molecule has 53 heavy (non-hydrogen) atoms. The van der Waals surface area contributed by atoms with Crippen LogP contribution in [0.15, 0.2) is 194 Å². The summed E-state index contributed by atoms with van der Waals surface area (Å²) in [5.74, 6) is 0. The Labute approximate surface area is 310 Å². The van der Waals surface area contributed by atoms with Gasteiger partial charge in [0.25, 0.3) is 0 Å². The molecule has 0 fully saturated rings. The van der Waals surface area contributed by atoms with E-state index in [9.17, 15) is 0 Å². The third kappa shape index (κ3) is 5.13. The van der Waals surface area contributed by atoms with Gasteiger partial charge >= 0.3 is 0 Å². The van der Waals surface area contributed by atoms with Crippen molar-refractivity contribution in [1.82, 2.24) is 0 Å². The van der Waals surface area contributed by atoms with Gasteiger partial charge < -0.3 is 0 Å². The van der Waals surface area contributed by atoms with Crippen LogP contribution in [0.3, 0.4) is 0 Å². The molecule has 0 spiro atoms. The molecule has 0 radical (unpaired) electrons. The molecule has 10 aromatic carbocycles. The normalized spacial score (nSPS) is 12.0. The van der Waals surface area contributed by atoms with E-state index in [1.807, 2.05) is 0 Å². The van der Waals surface area contributed by atoms with Crippen LogP contribution in [0, 0.1) is 0 Å². The van der Waals surface area contributed by atoms with Crippen LogP contribution in [0.1, 0.15) is 25.0 Å². The first kappa shape index (κ1) is 31.3. The van der Waals surface area contributed by atoms with Crippen LogP contribution < -0.4 is 0 Å². The zero-order chi connectivity index (χ0) is 35.5. The second-order valence-corrected chi connectivity index (χ2v) is 14.9. The molecule has 10 aromatic rings. The highest BCUT2D eigenvalue weighted by Crippen LogP contribution is 2.46. The van der Waals surface area contributed by atoms with Crippen molar-refractivity contribution >= 4 is 53.9 Å². The van der Waals surface area contributed by atoms with Crippen LogP contribution in [-0.4, -0.2) is 0 Å². The minimum atomic E-state index is -0.0766. The van der Waals surface area contributed by atoms with Gasteiger partial charge in [0.15, 0.2) is 0 Å². The highest BCUT2D eigenvalue weighted by atomic mass is 14.3. The molecular formula is C53H38. The molecule has 0 aliphatic carbocycles. The van der Waals surface area contributed by atoms with Gasteiger partial charge in [0.1, 0.15) is 0 Å². The van der Waals surface area contributed by atoms with E-state index in [1.165, 1.54) is 98.4 Å². The third-order valence-corrected chi connectivity index (χ3v) is 11.5. The van der Waals surface area contributed by atoms with E-state index in [0.717, 1.165) is 0 Å². The van der Waals surface area contributed by atoms with Crippen molar-refractivity contribution in [2.24, 2.45) is 0 Å². The zero-order valence-electron chi connectivity index (χ0n) is 30.0. The van der Waals surface area contributed by atoms with Gasteiger partial charge in [0.2, 0.25) is 0 Å². The fourth-order valence-electron chi connectivity index (χ4n) is 8.68. The lowest BCUT2D eigenvalue weighted by Crippen LogP contribution is -2.18. The highest BCUT2D eigenvalue weighted by Gasteiger charge is 2.23. The summed E-state index contributed by atoms with van der Waals surface area (Å²) in [6, 6.07) is 71.8. The lowest BCUT2D eigenvalue weighted by Gasteiger charge is -2.26. The van der Waals surface area contributed by atoms with Crippen molar-refractivity contribution < 1.29 is 0 Å². The van der Waals surface area contributed by atoms with Gasteiger partial charge in [-0.05, 0) is 117 Å². The Hall–Kier alpha value is -6.50. The van der Waals surface area contributed by atoms with Crippen LogP contribution in [0.25, 0.3) is 87.2 Å². The molecule has 0 nitrogen and oxygen atoms in total. The second-order valence-electron chi connectivity index (χ2n) is 14.9. The van der Waals surface area contributed by atoms with Gasteiger partial charge in [-0.25, -0.2) is 0 Å². The van der Waals surface area contributed by atoms with E-state index in [2.05, 4.69) is 208 Å². The largest absolute Gasteiger partial charge is 0.0622 e. The summed E-state index contributed by atoms with van der Waals surface area (Å²) in [6.07, 6.45) is 0. The molecule has 0 heteroatoms. The van der Waals surface area contributed by atoms with Gasteiger partial charge in [0, 0.05) is 5.41 Å². The van der Waals surface area contributed by atoms with Crippen molar-refractivity contribution in [2.45, 2.75) is 19.3 Å². The van der Waals surface area contributed by atoms with Gasteiger partial charge in [-0.2, -0.15) is 0 Å². The summed E-state index contributed by atoms with van der Waals surface area (Å²) in [6.45, 7) is 4.61. The highest BCUT2D eigenvalue weighted by molar-refractivity contribution is 6.25. The molecule has 0 heterocycles. The minimum absolute atomic E-state index is 0.0766. The molecule has 0 aliphatic heterocycles. The average Bonchev–Trinajstić information content (AvgIpc) is 3.22. The van der Waals surface area contributed by atoms with Gasteiger partial charge in [-0.15, -0.1) is 0 Å². The fourth-order valence-corrected chi connectivity index (χ4v) is 8.68. The Bertz CT molecular complexity index is 2940. The van der Waals surface area contributed by atoms with Crippen molar-refractivity contribution in [3.8, 4) is 33.4 Å². The third-order valence-electron chi connectivity index (χ3n) is 11.5. The molecule has 0 amide bonds. The minimum Gasteiger partial charge on any atom is -0.0622 e. The molecule has 0 bridgehead atoms. The molecular weight excluding hydrogens is 637 g/mol. The SMILES string of the molecule is CC(C)(c1ccccc1)c1ccc(-c2cccc(-c3c4ccccc4c(-c4cccc5c4ccc4cc6ccccc6cc45)c4ccccc34)c2)cc1. The van der Waals surface area contributed by atoms with Crippen molar-refractivity contribution in [3.05, 3.63) is 205 Å². The lowest BCUT2D eigenvalue weighted by atomic mass is 9.78. The maximum atomic E-state index is 2.37. The fraction of sp³-hybridized carbons (Fsp3) is 0.0566. The van der Waals surface area contributed by atoms with Crippen LogP contribution in [0.5, 0.6) is 0 Å². The molecule has 10 rings (SSSR count). The molecule has 0 N–H and O–H groups in total. The summed E-state index contributed by atoms with van der Waals surface area (Å²) in [5, 5.41) is 12.7. The Kier molecular flexibility index (Phi) is 7.27. The molecule has 0 unspecified atom stereocenters. The van der Waals surface area contributed by atoms with Gasteiger partial charge in [-0.3, -0.25) is 0 Å². The Morgan fingerprint density at radius 3 is 1.53 bits per heavy atom. The smallest absolute Gasteiger partial charge is 0.0146 e. The van der Waals surface area contributed by atoms with Crippen LogP contribution in [-0.2, 0) is 5.41 Å². The van der Waals surface area contributed by atoms with E-state index >= 15 is 0 Å². The van der Waals surface area contributed by atoms with E-state index in [-0.39, 0.29) is 5.41 Å². The molecule has 0 aromatic heterocycles. The molecule has 250 valence electrons. The molecule has 0 atom stereocenters. The van der Waals surface area contributed by atoms with Gasteiger partial charge in [0.05, 0.1) is 0 Å². The van der Waals surface area contributed by atoms with Crippen LogP contribution >= 0.6 is 0 Å². The quantitative estimate of drug-likeness (QED) is 0.126. The molecule has 0 aliphatic rings. The topological polar surface area (TPSA) is 0 Å². The monoisotopic (exact) mass is 674 g/mol. The molecule has 0 saturated heterocycles. The van der Waals surface area contributed by atoms with Crippen LogP contribution in [0.4, 0.5) is 0 Å². The van der Waals surface area contributed by atoms with Crippen molar-refractivity contribution in [1.29, 1.82) is 0 Å². The number of fused-ring (bicyclic) bond motifs is 6. The maximum absolute atomic E-state index is 2.37. The zero-order valence-corrected chi connectivity index (χ0v) is 30.0. The Morgan fingerprint density at radius 1 is 0.283 bits per heavy atom. The average molecular weight is 675 g/mol. The lowest BCUT2D eigenvalue weighted by molar-refractivity contribution is 0.641. The molecule has 0 saturated carbocycles. The first-order valence-electron chi connectivity index (χ1n) is 18.6. The van der Waals surface area contributed by atoms with E-state index in [1.54, 1.807) is 0 Å². The number of hydrogen-bond donors (Lipinski definition) is 0. The summed E-state index contributed by atoms with van der Waals surface area (Å²) in [5.41, 5.74) is 10.1. The summed E-state index contributed by atoms with van der Waals surface area (Å²) in [7, 11) is 0. The summed E-state index contributed by atoms with van der Waals surface area (Å²) < 4.78 is 0. The number of hydrogen-bond acceptors (Lipinski definition) is 0. The first-order chi connectivity index (χ1) is 26.0. The van der Waals surface area contributed by atoms with E-state index in [4.69, 9.17) is 0 Å². The van der Waals surface area contributed by atoms with E-state index < -0.39 is 0 Å². The number of rotatable bonds is 5. The second kappa shape index (κ2) is 12.3. The van der Waals surface area contributed by atoms with E-state index in [0.29, 0.717) is 0 Å². The maximum Gasteiger partial charge on any atom is 0.0146 e. The Morgan fingerprint density at radius 2 is 0.830 bits per heavy atom. The van der Waals surface area contributed by atoms with Crippen molar-refractivity contribution in [3.63, 3.8) is 0 Å². The Balaban J connectivity index is 1.14. The predicted octanol–water partition coefficient (Wildman–Crippen LogP) is 14.8. The first-order valence-corrected chi connectivity index (χ1v) is 18.6. The van der Waals surface area contributed by atoms with Crippen LogP contribution in [0.2, 0.25) is 0 Å².